The SMILES string of the molecule is CCC(O)(CC)C1(N)CC1. The normalized spacial score (nSPS) is 22.8. The second-order valence-corrected chi connectivity index (χ2v) is 3.39. The van der Waals surface area contributed by atoms with Crippen LogP contribution in [0.15, 0.2) is 0 Å². The first-order chi connectivity index (χ1) is 4.58. The molecule has 1 saturated carbocycles. The van der Waals surface area contributed by atoms with E-state index in [9.17, 15) is 5.11 Å². The summed E-state index contributed by atoms with van der Waals surface area (Å²) in [5.41, 5.74) is 5.07. The average molecular weight is 143 g/mol. The Labute approximate surface area is 62.4 Å². The average Bonchev–Trinajstić information content (AvgIpc) is 2.68. The van der Waals surface area contributed by atoms with Crippen LogP contribution in [0.2, 0.25) is 0 Å². The summed E-state index contributed by atoms with van der Waals surface area (Å²) in [7, 11) is 0. The fraction of sp³-hybridized carbons (Fsp3) is 1.00. The Morgan fingerprint density at radius 1 is 1.40 bits per heavy atom. The molecule has 0 radical (unpaired) electrons. The molecule has 1 aliphatic carbocycles. The Bertz CT molecular complexity index is 125. The van der Waals surface area contributed by atoms with E-state index in [1.807, 2.05) is 13.8 Å². The smallest absolute Gasteiger partial charge is 0.0821 e. The molecule has 1 fully saturated rings. The van der Waals surface area contributed by atoms with E-state index in [0.29, 0.717) is 0 Å². The van der Waals surface area contributed by atoms with Crippen molar-refractivity contribution in [3.63, 3.8) is 0 Å². The van der Waals surface area contributed by atoms with Gasteiger partial charge < -0.3 is 10.8 Å². The van der Waals surface area contributed by atoms with Gasteiger partial charge in [0.1, 0.15) is 0 Å². The molecule has 2 nitrogen and oxygen atoms in total. The minimum atomic E-state index is -0.590. The standard InChI is InChI=1S/C8H17NO/c1-3-8(10,4-2)7(9)5-6-7/h10H,3-6,9H2,1-2H3. The van der Waals surface area contributed by atoms with Crippen molar-refractivity contribution in [1.82, 2.24) is 0 Å². The summed E-state index contributed by atoms with van der Waals surface area (Å²) >= 11 is 0. The third-order valence-electron chi connectivity index (χ3n) is 2.89. The van der Waals surface area contributed by atoms with Gasteiger partial charge in [-0.3, -0.25) is 0 Å². The molecule has 0 spiro atoms. The lowest BCUT2D eigenvalue weighted by Gasteiger charge is -2.32. The van der Waals surface area contributed by atoms with Gasteiger partial charge in [-0.2, -0.15) is 0 Å². The summed E-state index contributed by atoms with van der Waals surface area (Å²) in [6.07, 6.45) is 3.54. The third-order valence-corrected chi connectivity index (χ3v) is 2.89. The van der Waals surface area contributed by atoms with Gasteiger partial charge in [0.15, 0.2) is 0 Å². The van der Waals surface area contributed by atoms with E-state index in [-0.39, 0.29) is 5.54 Å². The van der Waals surface area contributed by atoms with Crippen LogP contribution in [-0.2, 0) is 0 Å². The van der Waals surface area contributed by atoms with Crippen molar-refractivity contribution in [1.29, 1.82) is 0 Å². The van der Waals surface area contributed by atoms with Gasteiger partial charge in [0.05, 0.1) is 5.60 Å². The molecule has 2 heteroatoms. The van der Waals surface area contributed by atoms with Crippen LogP contribution in [0.5, 0.6) is 0 Å². The maximum absolute atomic E-state index is 9.90. The lowest BCUT2D eigenvalue weighted by Crippen LogP contribution is -2.49. The number of rotatable bonds is 3. The summed E-state index contributed by atoms with van der Waals surface area (Å²) < 4.78 is 0. The van der Waals surface area contributed by atoms with Crippen molar-refractivity contribution in [3.05, 3.63) is 0 Å². The molecule has 0 unspecified atom stereocenters. The van der Waals surface area contributed by atoms with Crippen LogP contribution in [0.3, 0.4) is 0 Å². The topological polar surface area (TPSA) is 46.2 Å². The molecule has 0 aromatic carbocycles. The maximum atomic E-state index is 9.90. The first kappa shape index (κ1) is 8.02. The summed E-state index contributed by atoms with van der Waals surface area (Å²) in [4.78, 5) is 0. The predicted octanol–water partition coefficient (Wildman–Crippen LogP) is 1.03. The van der Waals surface area contributed by atoms with E-state index in [1.165, 1.54) is 0 Å². The summed E-state index contributed by atoms with van der Waals surface area (Å²) in [6.45, 7) is 3.99. The molecule has 60 valence electrons. The molecule has 3 N–H and O–H groups in total. The highest BCUT2D eigenvalue weighted by molar-refractivity contribution is 5.12. The van der Waals surface area contributed by atoms with Gasteiger partial charge >= 0.3 is 0 Å². The Morgan fingerprint density at radius 3 is 1.90 bits per heavy atom. The number of aliphatic hydroxyl groups is 1. The molecule has 0 aliphatic heterocycles. The predicted molar refractivity (Wildman–Crippen MR) is 41.7 cm³/mol. The van der Waals surface area contributed by atoms with Crippen molar-refractivity contribution < 1.29 is 5.11 Å². The number of hydrogen-bond acceptors (Lipinski definition) is 2. The zero-order valence-corrected chi connectivity index (χ0v) is 6.85. The zero-order chi connectivity index (χ0) is 7.83. The molecule has 0 amide bonds. The van der Waals surface area contributed by atoms with Crippen LogP contribution < -0.4 is 5.73 Å². The minimum Gasteiger partial charge on any atom is -0.388 e. The monoisotopic (exact) mass is 143 g/mol. The molecular formula is C8H17NO. The molecule has 0 bridgehead atoms. The van der Waals surface area contributed by atoms with Crippen molar-refractivity contribution in [3.8, 4) is 0 Å². The van der Waals surface area contributed by atoms with Gasteiger partial charge in [-0.15, -0.1) is 0 Å². The van der Waals surface area contributed by atoms with Gasteiger partial charge in [-0.25, -0.2) is 0 Å². The third kappa shape index (κ3) is 0.956. The highest BCUT2D eigenvalue weighted by atomic mass is 16.3. The van der Waals surface area contributed by atoms with Crippen LogP contribution in [0.1, 0.15) is 39.5 Å². The molecule has 0 aromatic heterocycles. The minimum absolute atomic E-state index is 0.240. The molecule has 1 aliphatic rings. The molecule has 1 rings (SSSR count). The Morgan fingerprint density at radius 2 is 1.80 bits per heavy atom. The number of nitrogens with two attached hydrogens (primary N) is 1. The van der Waals surface area contributed by atoms with E-state index < -0.39 is 5.60 Å². The van der Waals surface area contributed by atoms with Gasteiger partial charge in [-0.1, -0.05) is 13.8 Å². The Hall–Kier alpha value is -0.0800. The van der Waals surface area contributed by atoms with Crippen LogP contribution in [0.25, 0.3) is 0 Å². The van der Waals surface area contributed by atoms with Crippen LogP contribution in [0, 0.1) is 0 Å². The van der Waals surface area contributed by atoms with E-state index in [1.54, 1.807) is 0 Å². The molecule has 0 aromatic rings. The van der Waals surface area contributed by atoms with Crippen LogP contribution in [-0.4, -0.2) is 16.2 Å². The molecular weight excluding hydrogens is 126 g/mol. The van der Waals surface area contributed by atoms with Crippen molar-refractivity contribution in [2.24, 2.45) is 5.73 Å². The highest BCUT2D eigenvalue weighted by Crippen LogP contribution is 2.45. The zero-order valence-electron chi connectivity index (χ0n) is 6.85. The van der Waals surface area contributed by atoms with Gasteiger partial charge in [0, 0.05) is 5.54 Å². The second-order valence-electron chi connectivity index (χ2n) is 3.39. The van der Waals surface area contributed by atoms with Crippen molar-refractivity contribution in [2.45, 2.75) is 50.7 Å². The lowest BCUT2D eigenvalue weighted by molar-refractivity contribution is -0.00353. The highest BCUT2D eigenvalue weighted by Gasteiger charge is 2.53. The number of hydrogen-bond donors (Lipinski definition) is 2. The Balaban J connectivity index is 2.63. The van der Waals surface area contributed by atoms with Crippen molar-refractivity contribution in [2.75, 3.05) is 0 Å². The largest absolute Gasteiger partial charge is 0.388 e. The Kier molecular flexibility index (Phi) is 1.77. The van der Waals surface area contributed by atoms with Gasteiger partial charge in [0.25, 0.3) is 0 Å². The molecule has 10 heavy (non-hydrogen) atoms. The van der Waals surface area contributed by atoms with E-state index >= 15 is 0 Å². The molecule has 0 saturated heterocycles. The summed E-state index contributed by atoms with van der Waals surface area (Å²) in [5, 5.41) is 9.90. The summed E-state index contributed by atoms with van der Waals surface area (Å²) in [6, 6.07) is 0. The summed E-state index contributed by atoms with van der Waals surface area (Å²) in [5.74, 6) is 0. The lowest BCUT2D eigenvalue weighted by atomic mass is 9.87. The van der Waals surface area contributed by atoms with Gasteiger partial charge in [0.2, 0.25) is 0 Å². The molecule has 0 heterocycles. The first-order valence-corrected chi connectivity index (χ1v) is 4.09. The van der Waals surface area contributed by atoms with Crippen molar-refractivity contribution >= 4 is 0 Å². The van der Waals surface area contributed by atoms with E-state index in [0.717, 1.165) is 25.7 Å². The first-order valence-electron chi connectivity index (χ1n) is 4.09. The van der Waals surface area contributed by atoms with E-state index in [2.05, 4.69) is 0 Å². The van der Waals surface area contributed by atoms with E-state index in [4.69, 9.17) is 5.73 Å². The van der Waals surface area contributed by atoms with Crippen LogP contribution >= 0.6 is 0 Å². The second kappa shape index (κ2) is 2.21. The fourth-order valence-electron chi connectivity index (χ4n) is 1.55. The van der Waals surface area contributed by atoms with Gasteiger partial charge in [-0.05, 0) is 25.7 Å². The fourth-order valence-corrected chi connectivity index (χ4v) is 1.55. The van der Waals surface area contributed by atoms with Crippen LogP contribution in [0.4, 0.5) is 0 Å². The quantitative estimate of drug-likeness (QED) is 0.619. The molecule has 0 atom stereocenters. The maximum Gasteiger partial charge on any atom is 0.0821 e.